The van der Waals surface area contributed by atoms with Crippen molar-refractivity contribution in [3.8, 4) is 0 Å². The number of hydrogen-bond acceptors (Lipinski definition) is 2. The van der Waals surface area contributed by atoms with Gasteiger partial charge in [-0.1, -0.05) is 23.7 Å². The molecule has 0 aliphatic carbocycles. The fourth-order valence-corrected chi connectivity index (χ4v) is 1.69. The van der Waals surface area contributed by atoms with Gasteiger partial charge in [0.1, 0.15) is 0 Å². The van der Waals surface area contributed by atoms with Crippen LogP contribution in [0.5, 0.6) is 0 Å². The van der Waals surface area contributed by atoms with Crippen LogP contribution in [0.15, 0.2) is 24.3 Å². The van der Waals surface area contributed by atoms with Gasteiger partial charge in [-0.3, -0.25) is 4.79 Å². The van der Waals surface area contributed by atoms with Crippen molar-refractivity contribution in [1.82, 2.24) is 10.2 Å². The fraction of sp³-hybridized carbons (Fsp3) is 0.500. The van der Waals surface area contributed by atoms with E-state index >= 15 is 0 Å². The molecule has 0 bridgehead atoms. The van der Waals surface area contributed by atoms with Crippen LogP contribution in [0.3, 0.4) is 0 Å². The second-order valence-electron chi connectivity index (χ2n) is 5.48. The van der Waals surface area contributed by atoms with Crippen LogP contribution in [0.1, 0.15) is 26.3 Å². The van der Waals surface area contributed by atoms with Gasteiger partial charge in [0, 0.05) is 24.2 Å². The lowest BCUT2D eigenvalue weighted by Crippen LogP contribution is -2.43. The molecule has 1 rings (SSSR count). The predicted octanol–water partition coefficient (Wildman–Crippen LogP) is 2.69. The topological polar surface area (TPSA) is 32.3 Å². The van der Waals surface area contributed by atoms with E-state index in [-0.39, 0.29) is 11.4 Å². The summed E-state index contributed by atoms with van der Waals surface area (Å²) in [6, 6.07) is 7.56. The third-order valence-electron chi connectivity index (χ3n) is 2.50. The highest BCUT2D eigenvalue weighted by Gasteiger charge is 2.14. The Hall–Kier alpha value is -1.06. The quantitative estimate of drug-likeness (QED) is 0.911. The van der Waals surface area contributed by atoms with Gasteiger partial charge in [-0.15, -0.1) is 0 Å². The molecule has 0 aliphatic heterocycles. The molecule has 0 atom stereocenters. The van der Waals surface area contributed by atoms with Gasteiger partial charge >= 0.3 is 0 Å². The molecule has 0 aromatic heterocycles. The van der Waals surface area contributed by atoms with E-state index in [0.29, 0.717) is 18.1 Å². The Balaban J connectivity index is 2.50. The number of nitrogens with zero attached hydrogens (tertiary/aromatic N) is 1. The minimum Gasteiger partial charge on any atom is -0.340 e. The SMILES string of the molecule is CN(Cc1cccc(Cl)c1)C(=O)CNC(C)(C)C. The van der Waals surface area contributed by atoms with E-state index in [1.54, 1.807) is 11.9 Å². The highest BCUT2D eigenvalue weighted by molar-refractivity contribution is 6.30. The Morgan fingerprint density at radius 2 is 2.06 bits per heavy atom. The van der Waals surface area contributed by atoms with Gasteiger partial charge in [-0.25, -0.2) is 0 Å². The van der Waals surface area contributed by atoms with E-state index in [9.17, 15) is 4.79 Å². The summed E-state index contributed by atoms with van der Waals surface area (Å²) < 4.78 is 0. The van der Waals surface area contributed by atoms with Crippen LogP contribution in [0.4, 0.5) is 0 Å². The van der Waals surface area contributed by atoms with Crippen molar-refractivity contribution in [3.63, 3.8) is 0 Å². The van der Waals surface area contributed by atoms with E-state index in [2.05, 4.69) is 5.32 Å². The number of carbonyl (C=O) groups excluding carboxylic acids is 1. The Labute approximate surface area is 114 Å². The summed E-state index contributed by atoms with van der Waals surface area (Å²) in [4.78, 5) is 13.6. The minimum atomic E-state index is -0.0491. The predicted molar refractivity (Wildman–Crippen MR) is 75.7 cm³/mol. The lowest BCUT2D eigenvalue weighted by molar-refractivity contribution is -0.129. The molecule has 100 valence electrons. The van der Waals surface area contributed by atoms with Crippen molar-refractivity contribution in [2.24, 2.45) is 0 Å². The van der Waals surface area contributed by atoms with Gasteiger partial charge in [-0.2, -0.15) is 0 Å². The summed E-state index contributed by atoms with van der Waals surface area (Å²) in [5, 5.41) is 3.88. The second-order valence-corrected chi connectivity index (χ2v) is 5.92. The molecule has 1 amide bonds. The summed E-state index contributed by atoms with van der Waals surface area (Å²) >= 11 is 5.91. The lowest BCUT2D eigenvalue weighted by atomic mass is 10.1. The van der Waals surface area contributed by atoms with Crippen LogP contribution in [0.25, 0.3) is 0 Å². The molecule has 1 aromatic carbocycles. The molecule has 1 N–H and O–H groups in total. The van der Waals surface area contributed by atoms with E-state index in [1.165, 1.54) is 0 Å². The zero-order valence-electron chi connectivity index (χ0n) is 11.5. The van der Waals surface area contributed by atoms with E-state index in [1.807, 2.05) is 45.0 Å². The molecule has 18 heavy (non-hydrogen) atoms. The van der Waals surface area contributed by atoms with E-state index in [4.69, 9.17) is 11.6 Å². The van der Waals surface area contributed by atoms with Crippen LogP contribution >= 0.6 is 11.6 Å². The maximum absolute atomic E-state index is 11.9. The summed E-state index contributed by atoms with van der Waals surface area (Å²) in [5.41, 5.74) is 0.987. The average molecular weight is 269 g/mol. The molecule has 4 heteroatoms. The molecule has 0 saturated carbocycles. The van der Waals surface area contributed by atoms with Crippen LogP contribution in [0, 0.1) is 0 Å². The van der Waals surface area contributed by atoms with Crippen molar-refractivity contribution < 1.29 is 4.79 Å². The molecule has 0 saturated heterocycles. The first kappa shape index (κ1) is 15.0. The van der Waals surface area contributed by atoms with Gasteiger partial charge in [-0.05, 0) is 38.5 Å². The van der Waals surface area contributed by atoms with Gasteiger partial charge in [0.2, 0.25) is 5.91 Å². The largest absolute Gasteiger partial charge is 0.340 e. The molecule has 1 aromatic rings. The van der Waals surface area contributed by atoms with Crippen molar-refractivity contribution in [3.05, 3.63) is 34.9 Å². The molecular formula is C14H21ClN2O. The Morgan fingerprint density at radius 3 is 2.61 bits per heavy atom. The summed E-state index contributed by atoms with van der Waals surface area (Å²) in [7, 11) is 1.80. The van der Waals surface area contributed by atoms with Crippen LogP contribution in [-0.4, -0.2) is 29.9 Å². The highest BCUT2D eigenvalue weighted by atomic mass is 35.5. The summed E-state index contributed by atoms with van der Waals surface area (Å²) in [6.45, 7) is 7.04. The second kappa shape index (κ2) is 6.21. The number of hydrogen-bond donors (Lipinski definition) is 1. The number of likely N-dealkylation sites (N-methyl/N-ethyl adjacent to an activating group) is 1. The summed E-state index contributed by atoms with van der Waals surface area (Å²) in [5.74, 6) is 0.0740. The van der Waals surface area contributed by atoms with E-state index in [0.717, 1.165) is 5.56 Å². The Morgan fingerprint density at radius 1 is 1.39 bits per heavy atom. The normalized spacial score (nSPS) is 11.4. The van der Waals surface area contributed by atoms with Crippen molar-refractivity contribution in [2.75, 3.05) is 13.6 Å². The maximum Gasteiger partial charge on any atom is 0.236 e. The Kier molecular flexibility index (Phi) is 5.17. The average Bonchev–Trinajstić information content (AvgIpc) is 2.24. The molecule has 0 fully saturated rings. The number of amides is 1. The molecule has 0 unspecified atom stereocenters. The molecular weight excluding hydrogens is 248 g/mol. The third-order valence-corrected chi connectivity index (χ3v) is 2.74. The maximum atomic E-state index is 11.9. The number of carbonyl (C=O) groups is 1. The van der Waals surface area contributed by atoms with E-state index < -0.39 is 0 Å². The van der Waals surface area contributed by atoms with Crippen molar-refractivity contribution in [1.29, 1.82) is 0 Å². The van der Waals surface area contributed by atoms with Crippen LogP contribution < -0.4 is 5.32 Å². The lowest BCUT2D eigenvalue weighted by Gasteiger charge is -2.23. The molecule has 0 aliphatic rings. The third kappa shape index (κ3) is 5.52. The first-order valence-electron chi connectivity index (χ1n) is 6.01. The molecule has 0 radical (unpaired) electrons. The highest BCUT2D eigenvalue weighted by Crippen LogP contribution is 2.12. The Bertz CT molecular complexity index is 413. The van der Waals surface area contributed by atoms with Gasteiger partial charge in [0.25, 0.3) is 0 Å². The molecule has 0 spiro atoms. The number of rotatable bonds is 4. The summed E-state index contributed by atoms with van der Waals surface area (Å²) in [6.07, 6.45) is 0. The molecule has 0 heterocycles. The number of halogens is 1. The van der Waals surface area contributed by atoms with Crippen molar-refractivity contribution in [2.45, 2.75) is 32.9 Å². The monoisotopic (exact) mass is 268 g/mol. The van der Waals surface area contributed by atoms with Crippen LogP contribution in [0.2, 0.25) is 5.02 Å². The van der Waals surface area contributed by atoms with Gasteiger partial charge < -0.3 is 10.2 Å². The fourth-order valence-electron chi connectivity index (χ4n) is 1.47. The number of nitrogens with one attached hydrogen (secondary N) is 1. The first-order chi connectivity index (χ1) is 8.28. The van der Waals surface area contributed by atoms with Crippen LogP contribution in [-0.2, 0) is 11.3 Å². The number of benzene rings is 1. The standard InChI is InChI=1S/C14H21ClN2O/c1-14(2,3)16-9-13(18)17(4)10-11-6-5-7-12(15)8-11/h5-8,16H,9-10H2,1-4H3. The molecule has 3 nitrogen and oxygen atoms in total. The smallest absolute Gasteiger partial charge is 0.236 e. The zero-order valence-corrected chi connectivity index (χ0v) is 12.2. The first-order valence-corrected chi connectivity index (χ1v) is 6.39. The minimum absolute atomic E-state index is 0.0491. The van der Waals surface area contributed by atoms with Crippen molar-refractivity contribution >= 4 is 17.5 Å². The van der Waals surface area contributed by atoms with Gasteiger partial charge in [0.15, 0.2) is 0 Å². The van der Waals surface area contributed by atoms with Gasteiger partial charge in [0.05, 0.1) is 6.54 Å². The zero-order chi connectivity index (χ0) is 13.8.